The molecule has 0 aliphatic carbocycles. The Balaban J connectivity index is 0.000000237. The number of para-hydroxylation sites is 2. The molecule has 1 aliphatic rings. The molecule has 0 saturated carbocycles. The molecule has 0 atom stereocenters. The van der Waals surface area contributed by atoms with Crippen LogP contribution in [0.1, 0.15) is 0 Å². The monoisotopic (exact) mass is 425 g/mol. The highest BCUT2D eigenvalue weighted by atomic mass is 32.2. The second-order valence-corrected chi connectivity index (χ2v) is 7.40. The summed E-state index contributed by atoms with van der Waals surface area (Å²) in [6, 6.07) is 20.5. The number of nitrogens with one attached hydrogen (secondary N) is 1. The number of benzene rings is 3. The quantitative estimate of drug-likeness (QED) is 0.179. The third-order valence-corrected chi connectivity index (χ3v) is 3.52. The number of anilines is 2. The van der Waals surface area contributed by atoms with Crippen LogP contribution in [-0.2, 0) is 19.5 Å². The first-order valence-corrected chi connectivity index (χ1v) is 10.8. The lowest BCUT2D eigenvalue weighted by molar-refractivity contribution is -0.432. The summed E-state index contributed by atoms with van der Waals surface area (Å²) in [4.78, 5) is 0. The standard InChI is InChI=1S/C16H11NO.2CH4O3S/c1-2-6-12-10-16-14(9-11(12)5-1)17-13-7-3-4-8-15(13)18-16;1-5(2,3)4;1-5-4-3-2/h1-10,17H;1H3,(H,2,3,4);2H,1H3. The molecule has 3 N–H and O–H groups in total. The largest absolute Gasteiger partial charge is 0.453 e. The van der Waals surface area contributed by atoms with Crippen molar-refractivity contribution in [3.05, 3.63) is 60.7 Å². The van der Waals surface area contributed by atoms with Gasteiger partial charge in [-0.1, -0.05) is 41.4 Å². The zero-order valence-corrected chi connectivity index (χ0v) is 16.7. The third kappa shape index (κ3) is 7.00. The Morgan fingerprint density at radius 3 is 2.11 bits per heavy atom. The van der Waals surface area contributed by atoms with Gasteiger partial charge in [-0.3, -0.25) is 4.55 Å². The first-order valence-electron chi connectivity index (χ1n) is 7.82. The van der Waals surface area contributed by atoms with Crippen molar-refractivity contribution >= 4 is 44.3 Å². The zero-order valence-electron chi connectivity index (χ0n) is 15.0. The van der Waals surface area contributed by atoms with Crippen molar-refractivity contribution in [1.29, 1.82) is 0 Å². The normalized spacial score (nSPS) is 11.4. The molecule has 0 saturated heterocycles. The number of fused-ring (bicyclic) bond motifs is 3. The van der Waals surface area contributed by atoms with Crippen molar-refractivity contribution in [3.8, 4) is 11.5 Å². The summed E-state index contributed by atoms with van der Waals surface area (Å²) in [5, 5.41) is 16.3. The predicted molar refractivity (Wildman–Crippen MR) is 110 cm³/mol. The molecule has 10 heteroatoms. The Bertz CT molecular complexity index is 952. The Labute approximate surface area is 166 Å². The Morgan fingerprint density at radius 1 is 0.964 bits per heavy atom. The van der Waals surface area contributed by atoms with Crippen molar-refractivity contribution in [2.24, 2.45) is 0 Å². The van der Waals surface area contributed by atoms with Crippen molar-refractivity contribution in [3.63, 3.8) is 0 Å². The van der Waals surface area contributed by atoms with Crippen LogP contribution < -0.4 is 10.1 Å². The first-order chi connectivity index (χ1) is 13.3. The van der Waals surface area contributed by atoms with E-state index in [1.54, 1.807) is 6.26 Å². The second kappa shape index (κ2) is 10.3. The average Bonchev–Trinajstić information content (AvgIpc) is 2.64. The first kappa shape index (κ1) is 22.0. The summed E-state index contributed by atoms with van der Waals surface area (Å²) >= 11 is 0.929. The molecule has 3 aromatic carbocycles. The van der Waals surface area contributed by atoms with Gasteiger partial charge in [-0.05, 0) is 35.0 Å². The van der Waals surface area contributed by atoms with Gasteiger partial charge in [0.2, 0.25) is 0 Å². The molecule has 0 fully saturated rings. The Hall–Kier alpha value is -2.34. The van der Waals surface area contributed by atoms with Crippen molar-refractivity contribution in [2.45, 2.75) is 0 Å². The molecular weight excluding hydrogens is 406 g/mol. The van der Waals surface area contributed by atoms with Gasteiger partial charge in [-0.15, -0.1) is 4.33 Å². The van der Waals surface area contributed by atoms with Gasteiger partial charge in [0.05, 0.1) is 17.6 Å². The molecule has 150 valence electrons. The number of ether oxygens (including phenoxy) is 1. The highest BCUT2D eigenvalue weighted by molar-refractivity contribution is 7.93. The predicted octanol–water partition coefficient (Wildman–Crippen LogP) is 4.88. The fraction of sp³-hybridized carbons (Fsp3) is 0.111. The molecule has 0 amide bonds. The fourth-order valence-corrected chi connectivity index (χ4v) is 2.42. The lowest BCUT2D eigenvalue weighted by Gasteiger charge is -2.22. The highest BCUT2D eigenvalue weighted by Crippen LogP contribution is 2.43. The van der Waals surface area contributed by atoms with Crippen LogP contribution in [0.2, 0.25) is 0 Å². The molecule has 1 heterocycles. The van der Waals surface area contributed by atoms with E-state index in [0.29, 0.717) is 6.26 Å². The van der Waals surface area contributed by atoms with Crippen molar-refractivity contribution < 1.29 is 32.3 Å². The molecule has 28 heavy (non-hydrogen) atoms. The molecule has 1 aliphatic heterocycles. The molecule has 0 spiro atoms. The van der Waals surface area contributed by atoms with E-state index in [2.05, 4.69) is 39.0 Å². The van der Waals surface area contributed by atoms with Gasteiger partial charge in [0.15, 0.2) is 11.5 Å². The summed E-state index contributed by atoms with van der Waals surface area (Å²) in [5.74, 6) is 1.76. The third-order valence-electron chi connectivity index (χ3n) is 3.32. The van der Waals surface area contributed by atoms with Gasteiger partial charge in [0.1, 0.15) is 0 Å². The molecule has 0 radical (unpaired) electrons. The second-order valence-electron chi connectivity index (χ2n) is 5.46. The molecule has 3 aromatic rings. The average molecular weight is 425 g/mol. The van der Waals surface area contributed by atoms with Gasteiger partial charge in [0, 0.05) is 18.3 Å². The molecule has 0 aromatic heterocycles. The molecular formula is C18H19NO7S2. The van der Waals surface area contributed by atoms with Crippen LogP contribution in [0.25, 0.3) is 10.8 Å². The van der Waals surface area contributed by atoms with Gasteiger partial charge in [0.25, 0.3) is 10.1 Å². The molecule has 4 rings (SSSR count). The highest BCUT2D eigenvalue weighted by Gasteiger charge is 2.16. The number of hydrogen-bond acceptors (Lipinski definition) is 8. The van der Waals surface area contributed by atoms with Crippen LogP contribution in [0.15, 0.2) is 60.7 Å². The van der Waals surface area contributed by atoms with Gasteiger partial charge < -0.3 is 10.1 Å². The van der Waals surface area contributed by atoms with Crippen LogP contribution in [0, 0.1) is 0 Å². The summed E-state index contributed by atoms with van der Waals surface area (Å²) in [7, 11) is -3.67. The lowest BCUT2D eigenvalue weighted by Crippen LogP contribution is -2.02. The van der Waals surface area contributed by atoms with E-state index in [0.717, 1.165) is 34.9 Å². The minimum absolute atomic E-state index is 0.715. The van der Waals surface area contributed by atoms with Crippen LogP contribution in [-0.4, -0.2) is 30.7 Å². The van der Waals surface area contributed by atoms with Crippen LogP contribution in [0.5, 0.6) is 11.5 Å². The van der Waals surface area contributed by atoms with Crippen LogP contribution >= 0.6 is 12.0 Å². The maximum atomic E-state index is 9.19. The van der Waals surface area contributed by atoms with E-state index >= 15 is 0 Å². The zero-order chi connectivity index (χ0) is 20.6. The maximum Gasteiger partial charge on any atom is 0.261 e. The van der Waals surface area contributed by atoms with E-state index in [-0.39, 0.29) is 0 Å². The Morgan fingerprint density at radius 2 is 1.54 bits per heavy atom. The summed E-state index contributed by atoms with van der Waals surface area (Å²) in [5.41, 5.74) is 2.03. The summed E-state index contributed by atoms with van der Waals surface area (Å²) in [6.45, 7) is 0. The maximum absolute atomic E-state index is 9.19. The van der Waals surface area contributed by atoms with Crippen LogP contribution in [0.3, 0.4) is 0 Å². The van der Waals surface area contributed by atoms with Crippen molar-refractivity contribution in [1.82, 2.24) is 0 Å². The van der Waals surface area contributed by atoms with E-state index in [1.165, 1.54) is 10.8 Å². The van der Waals surface area contributed by atoms with Crippen LogP contribution in [0.4, 0.5) is 11.4 Å². The van der Waals surface area contributed by atoms with E-state index in [9.17, 15) is 8.42 Å². The van der Waals surface area contributed by atoms with E-state index < -0.39 is 10.1 Å². The smallest absolute Gasteiger partial charge is 0.261 e. The molecule has 0 unspecified atom stereocenters. The number of hydrogen-bond donors (Lipinski definition) is 3. The SMILES string of the molecule is CS(=O)(=O)O.CSOOO.c1ccc2c(c1)Nc1cc3ccccc3cc1O2. The summed E-state index contributed by atoms with van der Waals surface area (Å²) < 4.78 is 35.6. The van der Waals surface area contributed by atoms with Gasteiger partial charge in [-0.25, -0.2) is 5.26 Å². The minimum atomic E-state index is -3.67. The fourth-order valence-electron chi connectivity index (χ4n) is 2.35. The summed E-state index contributed by atoms with van der Waals surface area (Å²) in [6.07, 6.45) is 2.34. The van der Waals surface area contributed by atoms with E-state index in [4.69, 9.17) is 14.5 Å². The number of rotatable bonds is 2. The lowest BCUT2D eigenvalue weighted by atomic mass is 10.1. The van der Waals surface area contributed by atoms with Gasteiger partial charge >= 0.3 is 0 Å². The minimum Gasteiger partial charge on any atom is -0.453 e. The van der Waals surface area contributed by atoms with E-state index in [1.807, 2.05) is 36.4 Å². The van der Waals surface area contributed by atoms with Crippen molar-refractivity contribution in [2.75, 3.05) is 17.8 Å². The van der Waals surface area contributed by atoms with Gasteiger partial charge in [-0.2, -0.15) is 8.42 Å². The topological polar surface area (TPSA) is 114 Å². The molecule has 8 nitrogen and oxygen atoms in total. The Kier molecular flexibility index (Phi) is 8.05. The molecule has 0 bridgehead atoms.